The normalized spacial score (nSPS) is 37.6. The molecule has 2 aliphatic carbocycles. The van der Waals surface area contributed by atoms with Crippen molar-refractivity contribution in [2.45, 2.75) is 51.4 Å². The second-order valence-corrected chi connectivity index (χ2v) is 5.00. The second-order valence-electron chi connectivity index (χ2n) is 5.00. The SMILES string of the molecule is O=C(O)C[C@@H]1CCC[C@H]2CCCC[C@H]21. The van der Waals surface area contributed by atoms with E-state index in [0.29, 0.717) is 12.3 Å². The van der Waals surface area contributed by atoms with Gasteiger partial charge in [-0.2, -0.15) is 0 Å². The smallest absolute Gasteiger partial charge is 0.303 e. The molecule has 0 bridgehead atoms. The Balaban J connectivity index is 1.97. The van der Waals surface area contributed by atoms with Crippen molar-refractivity contribution in [2.24, 2.45) is 17.8 Å². The molecule has 2 nitrogen and oxygen atoms in total. The van der Waals surface area contributed by atoms with Gasteiger partial charge >= 0.3 is 5.97 Å². The number of aliphatic carboxylic acids is 1. The summed E-state index contributed by atoms with van der Waals surface area (Å²) >= 11 is 0. The van der Waals surface area contributed by atoms with Crippen LogP contribution in [0.2, 0.25) is 0 Å². The molecule has 0 aromatic heterocycles. The van der Waals surface area contributed by atoms with Gasteiger partial charge in [-0.1, -0.05) is 32.1 Å². The van der Waals surface area contributed by atoms with Gasteiger partial charge in [0.2, 0.25) is 0 Å². The summed E-state index contributed by atoms with van der Waals surface area (Å²) in [5.74, 6) is 1.50. The first-order chi connectivity index (χ1) is 6.77. The van der Waals surface area contributed by atoms with E-state index in [2.05, 4.69) is 0 Å². The van der Waals surface area contributed by atoms with Gasteiger partial charge in [-0.3, -0.25) is 4.79 Å². The van der Waals surface area contributed by atoms with Crippen LogP contribution in [0, 0.1) is 17.8 Å². The van der Waals surface area contributed by atoms with Crippen LogP contribution in [-0.2, 0) is 4.79 Å². The first-order valence-corrected chi connectivity index (χ1v) is 5.99. The summed E-state index contributed by atoms with van der Waals surface area (Å²) in [5.41, 5.74) is 0. The molecule has 0 radical (unpaired) electrons. The molecule has 2 saturated carbocycles. The molecule has 0 spiro atoms. The Morgan fingerprint density at radius 1 is 1.07 bits per heavy atom. The fraction of sp³-hybridized carbons (Fsp3) is 0.917. The third-order valence-corrected chi connectivity index (χ3v) is 4.16. The minimum atomic E-state index is -0.596. The van der Waals surface area contributed by atoms with E-state index in [1.54, 1.807) is 0 Å². The van der Waals surface area contributed by atoms with Crippen LogP contribution in [0.15, 0.2) is 0 Å². The Morgan fingerprint density at radius 3 is 2.57 bits per heavy atom. The van der Waals surface area contributed by atoms with Crippen molar-refractivity contribution in [1.29, 1.82) is 0 Å². The zero-order valence-electron chi connectivity index (χ0n) is 8.74. The van der Waals surface area contributed by atoms with Crippen molar-refractivity contribution in [3.8, 4) is 0 Å². The molecule has 14 heavy (non-hydrogen) atoms. The van der Waals surface area contributed by atoms with Gasteiger partial charge in [0.1, 0.15) is 0 Å². The van der Waals surface area contributed by atoms with E-state index in [1.165, 1.54) is 38.5 Å². The minimum Gasteiger partial charge on any atom is -0.481 e. The third-order valence-electron chi connectivity index (χ3n) is 4.16. The Morgan fingerprint density at radius 2 is 1.79 bits per heavy atom. The molecule has 0 amide bonds. The van der Waals surface area contributed by atoms with Gasteiger partial charge in [-0.25, -0.2) is 0 Å². The molecule has 2 aliphatic rings. The Hall–Kier alpha value is -0.530. The van der Waals surface area contributed by atoms with Gasteiger partial charge in [-0.05, 0) is 30.6 Å². The average molecular weight is 196 g/mol. The van der Waals surface area contributed by atoms with Crippen LogP contribution in [0.1, 0.15) is 51.4 Å². The van der Waals surface area contributed by atoms with Gasteiger partial charge in [0.05, 0.1) is 0 Å². The van der Waals surface area contributed by atoms with Crippen molar-refractivity contribution in [2.75, 3.05) is 0 Å². The van der Waals surface area contributed by atoms with E-state index in [0.717, 1.165) is 18.3 Å². The highest BCUT2D eigenvalue weighted by atomic mass is 16.4. The largest absolute Gasteiger partial charge is 0.481 e. The van der Waals surface area contributed by atoms with Crippen LogP contribution in [0.25, 0.3) is 0 Å². The molecule has 0 aromatic carbocycles. The molecule has 0 saturated heterocycles. The van der Waals surface area contributed by atoms with E-state index < -0.39 is 5.97 Å². The topological polar surface area (TPSA) is 37.3 Å². The van der Waals surface area contributed by atoms with Crippen LogP contribution in [0.4, 0.5) is 0 Å². The van der Waals surface area contributed by atoms with Gasteiger partial charge in [-0.15, -0.1) is 0 Å². The highest BCUT2D eigenvalue weighted by Crippen LogP contribution is 2.44. The monoisotopic (exact) mass is 196 g/mol. The van der Waals surface area contributed by atoms with E-state index in [1.807, 2.05) is 0 Å². The lowest BCUT2D eigenvalue weighted by Crippen LogP contribution is -2.32. The van der Waals surface area contributed by atoms with E-state index in [9.17, 15) is 4.79 Å². The molecule has 0 aliphatic heterocycles. The third kappa shape index (κ3) is 2.10. The summed E-state index contributed by atoms with van der Waals surface area (Å²) in [4.78, 5) is 10.7. The lowest BCUT2D eigenvalue weighted by Gasteiger charge is -2.40. The van der Waals surface area contributed by atoms with Crippen LogP contribution < -0.4 is 0 Å². The maximum Gasteiger partial charge on any atom is 0.303 e. The predicted octanol–water partition coefficient (Wildman–Crippen LogP) is 3.07. The zero-order valence-corrected chi connectivity index (χ0v) is 8.74. The number of carbonyl (C=O) groups is 1. The summed E-state index contributed by atoms with van der Waals surface area (Å²) in [5, 5.41) is 8.86. The van der Waals surface area contributed by atoms with Crippen LogP contribution in [-0.4, -0.2) is 11.1 Å². The fourth-order valence-electron chi connectivity index (χ4n) is 3.55. The Labute approximate surface area is 85.7 Å². The highest BCUT2D eigenvalue weighted by molar-refractivity contribution is 5.67. The molecule has 1 N–H and O–H groups in total. The summed E-state index contributed by atoms with van der Waals surface area (Å²) in [6.07, 6.45) is 9.57. The van der Waals surface area contributed by atoms with Crippen molar-refractivity contribution in [1.82, 2.24) is 0 Å². The maximum absolute atomic E-state index is 10.7. The lowest BCUT2D eigenvalue weighted by atomic mass is 9.65. The average Bonchev–Trinajstić information content (AvgIpc) is 2.18. The van der Waals surface area contributed by atoms with Crippen LogP contribution >= 0.6 is 0 Å². The number of carboxylic acids is 1. The molecule has 80 valence electrons. The molecule has 2 fully saturated rings. The fourth-order valence-corrected chi connectivity index (χ4v) is 3.55. The van der Waals surface area contributed by atoms with Crippen molar-refractivity contribution >= 4 is 5.97 Å². The van der Waals surface area contributed by atoms with Crippen LogP contribution in [0.3, 0.4) is 0 Å². The molecular weight excluding hydrogens is 176 g/mol. The van der Waals surface area contributed by atoms with E-state index in [4.69, 9.17) is 5.11 Å². The molecule has 0 heterocycles. The van der Waals surface area contributed by atoms with Gasteiger partial charge in [0, 0.05) is 6.42 Å². The molecular formula is C12H20O2. The van der Waals surface area contributed by atoms with Crippen LogP contribution in [0.5, 0.6) is 0 Å². The van der Waals surface area contributed by atoms with E-state index in [-0.39, 0.29) is 0 Å². The van der Waals surface area contributed by atoms with Gasteiger partial charge in [0.25, 0.3) is 0 Å². The van der Waals surface area contributed by atoms with E-state index >= 15 is 0 Å². The van der Waals surface area contributed by atoms with Crippen molar-refractivity contribution in [3.63, 3.8) is 0 Å². The summed E-state index contributed by atoms with van der Waals surface area (Å²) < 4.78 is 0. The Kier molecular flexibility index (Phi) is 3.09. The number of rotatable bonds is 2. The zero-order chi connectivity index (χ0) is 9.97. The predicted molar refractivity (Wildman–Crippen MR) is 55.0 cm³/mol. The first-order valence-electron chi connectivity index (χ1n) is 5.99. The summed E-state index contributed by atoms with van der Waals surface area (Å²) in [6, 6.07) is 0. The first kappa shape index (κ1) is 10.0. The quantitative estimate of drug-likeness (QED) is 0.737. The molecule has 2 rings (SSSR count). The number of fused-ring (bicyclic) bond motifs is 1. The molecule has 3 atom stereocenters. The van der Waals surface area contributed by atoms with Crippen molar-refractivity contribution < 1.29 is 9.90 Å². The molecule has 0 unspecified atom stereocenters. The van der Waals surface area contributed by atoms with Crippen molar-refractivity contribution in [3.05, 3.63) is 0 Å². The summed E-state index contributed by atoms with van der Waals surface area (Å²) in [6.45, 7) is 0. The second kappa shape index (κ2) is 4.33. The van der Waals surface area contributed by atoms with Gasteiger partial charge in [0.15, 0.2) is 0 Å². The standard InChI is InChI=1S/C12H20O2/c13-12(14)8-10-6-3-5-9-4-1-2-7-11(9)10/h9-11H,1-8H2,(H,13,14)/t9-,10+,11-/m1/s1. The molecule has 2 heteroatoms. The summed E-state index contributed by atoms with van der Waals surface area (Å²) in [7, 11) is 0. The number of carboxylic acid groups (broad SMARTS) is 1. The maximum atomic E-state index is 10.7. The lowest BCUT2D eigenvalue weighted by molar-refractivity contribution is -0.139. The highest BCUT2D eigenvalue weighted by Gasteiger charge is 2.35. The Bertz CT molecular complexity index is 210. The number of hydrogen-bond acceptors (Lipinski definition) is 1. The number of hydrogen-bond donors (Lipinski definition) is 1. The van der Waals surface area contributed by atoms with Gasteiger partial charge < -0.3 is 5.11 Å². The molecule has 0 aromatic rings. The minimum absolute atomic E-state index is 0.418.